The third kappa shape index (κ3) is 2.79. The summed E-state index contributed by atoms with van der Waals surface area (Å²) in [5, 5.41) is 9.26. The van der Waals surface area contributed by atoms with Crippen molar-refractivity contribution in [3.05, 3.63) is 18.7 Å². The van der Waals surface area contributed by atoms with Crippen LogP contribution >= 0.6 is 0 Å². The molecule has 0 amide bonds. The van der Waals surface area contributed by atoms with Crippen LogP contribution in [0.1, 0.15) is 19.3 Å². The molecule has 0 aliphatic carbocycles. The Hall–Kier alpha value is -0.870. The first-order chi connectivity index (χ1) is 7.40. The Bertz CT molecular complexity index is 273. The zero-order chi connectivity index (χ0) is 10.5. The Morgan fingerprint density at radius 1 is 1.33 bits per heavy atom. The molecular weight excluding hydrogens is 190 g/mol. The van der Waals surface area contributed by atoms with E-state index in [0.29, 0.717) is 12.6 Å². The molecule has 0 radical (unpaired) electrons. The average Bonchev–Trinajstić information content (AvgIpc) is 2.79. The van der Waals surface area contributed by atoms with Crippen LogP contribution in [0.4, 0.5) is 0 Å². The highest BCUT2D eigenvalue weighted by Crippen LogP contribution is 2.16. The summed E-state index contributed by atoms with van der Waals surface area (Å²) < 4.78 is 2.09. The molecule has 0 bridgehead atoms. The summed E-state index contributed by atoms with van der Waals surface area (Å²) in [7, 11) is 0. The minimum Gasteiger partial charge on any atom is -0.395 e. The van der Waals surface area contributed by atoms with E-state index in [9.17, 15) is 5.11 Å². The van der Waals surface area contributed by atoms with Gasteiger partial charge in [-0.1, -0.05) is 6.42 Å². The van der Waals surface area contributed by atoms with E-state index >= 15 is 0 Å². The van der Waals surface area contributed by atoms with Gasteiger partial charge in [0.1, 0.15) is 0 Å². The van der Waals surface area contributed by atoms with Gasteiger partial charge in [-0.25, -0.2) is 4.98 Å². The highest BCUT2D eigenvalue weighted by atomic mass is 16.3. The van der Waals surface area contributed by atoms with E-state index in [4.69, 9.17) is 0 Å². The maximum absolute atomic E-state index is 9.26. The Balaban J connectivity index is 1.81. The van der Waals surface area contributed by atoms with Gasteiger partial charge in [0.05, 0.1) is 12.9 Å². The minimum atomic E-state index is 0.296. The second-order valence-electron chi connectivity index (χ2n) is 4.17. The van der Waals surface area contributed by atoms with Crippen LogP contribution in [0.2, 0.25) is 0 Å². The van der Waals surface area contributed by atoms with Gasteiger partial charge in [0.25, 0.3) is 0 Å². The lowest BCUT2D eigenvalue weighted by Crippen LogP contribution is -2.43. The quantitative estimate of drug-likeness (QED) is 0.795. The van der Waals surface area contributed by atoms with Gasteiger partial charge in [-0.3, -0.25) is 4.90 Å². The Labute approximate surface area is 90.5 Å². The van der Waals surface area contributed by atoms with E-state index in [1.807, 2.05) is 12.5 Å². The number of aromatic nitrogens is 2. The molecule has 1 unspecified atom stereocenters. The van der Waals surface area contributed by atoms with Crippen LogP contribution in [0.25, 0.3) is 0 Å². The van der Waals surface area contributed by atoms with E-state index in [-0.39, 0.29) is 0 Å². The van der Waals surface area contributed by atoms with Gasteiger partial charge in [0.15, 0.2) is 0 Å². The summed E-state index contributed by atoms with van der Waals surface area (Å²) in [6.45, 7) is 3.40. The van der Waals surface area contributed by atoms with Gasteiger partial charge in [-0.05, 0) is 19.4 Å². The van der Waals surface area contributed by atoms with E-state index in [0.717, 1.165) is 26.1 Å². The van der Waals surface area contributed by atoms with E-state index < -0.39 is 0 Å². The smallest absolute Gasteiger partial charge is 0.0946 e. The summed E-state index contributed by atoms with van der Waals surface area (Å²) in [4.78, 5) is 6.41. The van der Waals surface area contributed by atoms with Crippen LogP contribution in [0.5, 0.6) is 0 Å². The molecule has 4 heteroatoms. The van der Waals surface area contributed by atoms with Gasteiger partial charge in [0, 0.05) is 31.5 Å². The second-order valence-corrected chi connectivity index (χ2v) is 4.17. The van der Waals surface area contributed by atoms with Crippen molar-refractivity contribution in [3.63, 3.8) is 0 Å². The molecule has 2 rings (SSSR count). The SMILES string of the molecule is OCC1CCCCN1CCn1ccnc1. The van der Waals surface area contributed by atoms with E-state index in [1.165, 1.54) is 12.8 Å². The van der Waals surface area contributed by atoms with Crippen molar-refractivity contribution in [3.8, 4) is 0 Å². The first-order valence-electron chi connectivity index (χ1n) is 5.71. The summed E-state index contributed by atoms with van der Waals surface area (Å²) in [5.74, 6) is 0. The normalized spacial score (nSPS) is 23.1. The molecule has 1 aliphatic heterocycles. The lowest BCUT2D eigenvalue weighted by atomic mass is 10.0. The van der Waals surface area contributed by atoms with Crippen molar-refractivity contribution in [2.75, 3.05) is 19.7 Å². The van der Waals surface area contributed by atoms with Crippen molar-refractivity contribution in [2.24, 2.45) is 0 Å². The Kier molecular flexibility index (Phi) is 3.75. The number of nitrogens with zero attached hydrogens (tertiary/aromatic N) is 3. The molecular formula is C11H19N3O. The third-order valence-corrected chi connectivity index (χ3v) is 3.16. The Morgan fingerprint density at radius 2 is 2.27 bits per heavy atom. The number of aliphatic hydroxyl groups is 1. The molecule has 1 saturated heterocycles. The average molecular weight is 209 g/mol. The Morgan fingerprint density at radius 3 is 3.00 bits per heavy atom. The number of aliphatic hydroxyl groups excluding tert-OH is 1. The fourth-order valence-corrected chi connectivity index (χ4v) is 2.22. The van der Waals surface area contributed by atoms with Crippen molar-refractivity contribution < 1.29 is 5.11 Å². The molecule has 1 aliphatic rings. The lowest BCUT2D eigenvalue weighted by molar-refractivity contribution is 0.0871. The number of hydrogen-bond acceptors (Lipinski definition) is 3. The predicted octanol–water partition coefficient (Wildman–Crippen LogP) is 0.730. The summed E-state index contributed by atoms with van der Waals surface area (Å²) in [6, 6.07) is 0.377. The van der Waals surface area contributed by atoms with Crippen molar-refractivity contribution >= 4 is 0 Å². The monoisotopic (exact) mass is 209 g/mol. The lowest BCUT2D eigenvalue weighted by Gasteiger charge is -2.34. The molecule has 2 heterocycles. The largest absolute Gasteiger partial charge is 0.395 e. The molecule has 0 saturated carbocycles. The first-order valence-corrected chi connectivity index (χ1v) is 5.71. The van der Waals surface area contributed by atoms with Crippen LogP contribution in [0, 0.1) is 0 Å². The fourth-order valence-electron chi connectivity index (χ4n) is 2.22. The molecule has 0 spiro atoms. The zero-order valence-electron chi connectivity index (χ0n) is 9.05. The maximum atomic E-state index is 9.26. The van der Waals surface area contributed by atoms with Gasteiger partial charge >= 0.3 is 0 Å². The molecule has 1 aromatic heterocycles. The standard InChI is InChI=1S/C11H19N3O/c15-9-11-3-1-2-5-14(11)8-7-13-6-4-12-10-13/h4,6,10-11,15H,1-3,5,7-9H2. The second kappa shape index (κ2) is 5.28. The topological polar surface area (TPSA) is 41.3 Å². The first kappa shape index (κ1) is 10.6. The molecule has 1 atom stereocenters. The molecule has 4 nitrogen and oxygen atoms in total. The molecule has 15 heavy (non-hydrogen) atoms. The number of rotatable bonds is 4. The van der Waals surface area contributed by atoms with Crippen LogP contribution in [0.3, 0.4) is 0 Å². The summed E-state index contributed by atoms with van der Waals surface area (Å²) in [5.41, 5.74) is 0. The number of likely N-dealkylation sites (tertiary alicyclic amines) is 1. The molecule has 84 valence electrons. The van der Waals surface area contributed by atoms with Crippen LogP contribution < -0.4 is 0 Å². The number of piperidine rings is 1. The molecule has 0 aromatic carbocycles. The van der Waals surface area contributed by atoms with Crippen molar-refractivity contribution in [1.82, 2.24) is 14.5 Å². The molecule has 1 N–H and O–H groups in total. The zero-order valence-corrected chi connectivity index (χ0v) is 9.05. The van der Waals surface area contributed by atoms with E-state index in [1.54, 1.807) is 6.20 Å². The van der Waals surface area contributed by atoms with Gasteiger partial charge in [-0.2, -0.15) is 0 Å². The number of hydrogen-bond donors (Lipinski definition) is 1. The van der Waals surface area contributed by atoms with Gasteiger partial charge in [0.2, 0.25) is 0 Å². The van der Waals surface area contributed by atoms with Crippen LogP contribution in [-0.2, 0) is 6.54 Å². The highest BCUT2D eigenvalue weighted by Gasteiger charge is 2.20. The van der Waals surface area contributed by atoms with Crippen molar-refractivity contribution in [1.29, 1.82) is 0 Å². The number of imidazole rings is 1. The van der Waals surface area contributed by atoms with Crippen LogP contribution in [-0.4, -0.2) is 45.3 Å². The van der Waals surface area contributed by atoms with E-state index in [2.05, 4.69) is 14.5 Å². The third-order valence-electron chi connectivity index (χ3n) is 3.16. The van der Waals surface area contributed by atoms with Crippen molar-refractivity contribution in [2.45, 2.75) is 31.8 Å². The predicted molar refractivity (Wildman–Crippen MR) is 58.5 cm³/mol. The minimum absolute atomic E-state index is 0.296. The summed E-state index contributed by atoms with van der Waals surface area (Å²) in [6.07, 6.45) is 9.29. The van der Waals surface area contributed by atoms with Crippen LogP contribution in [0.15, 0.2) is 18.7 Å². The summed E-state index contributed by atoms with van der Waals surface area (Å²) >= 11 is 0. The highest BCUT2D eigenvalue weighted by molar-refractivity contribution is 4.78. The molecule has 1 fully saturated rings. The fraction of sp³-hybridized carbons (Fsp3) is 0.727. The van der Waals surface area contributed by atoms with Gasteiger partial charge < -0.3 is 9.67 Å². The molecule has 1 aromatic rings. The maximum Gasteiger partial charge on any atom is 0.0946 e. The van der Waals surface area contributed by atoms with Gasteiger partial charge in [-0.15, -0.1) is 0 Å².